The summed E-state index contributed by atoms with van der Waals surface area (Å²) in [5.74, 6) is 0.528. The van der Waals surface area contributed by atoms with Crippen molar-refractivity contribution in [3.8, 4) is 0 Å². The Morgan fingerprint density at radius 1 is 1.07 bits per heavy atom. The van der Waals surface area contributed by atoms with Gasteiger partial charge in [-0.05, 0) is 50.6 Å². The molecular formula is C22H27BrN2O2S. The molecule has 0 aliphatic heterocycles. The SMILES string of the molecule is CC(C)NC(=O)[C@@H](C)N(Cc1cccc(Br)c1)C(=O)CCSc1ccccc1. The minimum Gasteiger partial charge on any atom is -0.352 e. The maximum Gasteiger partial charge on any atom is 0.242 e. The van der Waals surface area contributed by atoms with Crippen LogP contribution in [0.4, 0.5) is 0 Å². The lowest BCUT2D eigenvalue weighted by atomic mass is 10.1. The fourth-order valence-electron chi connectivity index (χ4n) is 2.74. The van der Waals surface area contributed by atoms with Gasteiger partial charge in [-0.15, -0.1) is 11.8 Å². The Labute approximate surface area is 180 Å². The second kappa shape index (κ2) is 11.3. The fraction of sp³-hybridized carbons (Fsp3) is 0.364. The van der Waals surface area contributed by atoms with Gasteiger partial charge in [-0.1, -0.05) is 46.3 Å². The first-order valence-electron chi connectivity index (χ1n) is 9.39. The molecule has 0 radical (unpaired) electrons. The van der Waals surface area contributed by atoms with E-state index in [1.807, 2.05) is 68.4 Å². The third-order valence-electron chi connectivity index (χ3n) is 4.17. The molecule has 0 spiro atoms. The Kier molecular flexibility index (Phi) is 9.06. The van der Waals surface area contributed by atoms with E-state index in [2.05, 4.69) is 21.2 Å². The van der Waals surface area contributed by atoms with Gasteiger partial charge in [-0.25, -0.2) is 0 Å². The standard InChI is InChI=1S/C22H27BrN2O2S/c1-16(2)24-22(27)17(3)25(15-18-8-7-9-19(23)14-18)21(26)12-13-28-20-10-5-4-6-11-20/h4-11,14,16-17H,12-13,15H2,1-3H3,(H,24,27)/t17-/m1/s1. The summed E-state index contributed by atoms with van der Waals surface area (Å²) in [6.07, 6.45) is 0.382. The molecule has 1 N–H and O–H groups in total. The van der Waals surface area contributed by atoms with Crippen molar-refractivity contribution in [2.24, 2.45) is 0 Å². The molecule has 2 rings (SSSR count). The third-order valence-corrected chi connectivity index (χ3v) is 5.68. The summed E-state index contributed by atoms with van der Waals surface area (Å²) in [4.78, 5) is 28.3. The number of carbonyl (C=O) groups excluding carboxylic acids is 2. The molecule has 0 aliphatic carbocycles. The van der Waals surface area contributed by atoms with Crippen LogP contribution in [0, 0.1) is 0 Å². The van der Waals surface area contributed by atoms with Crippen molar-refractivity contribution in [2.75, 3.05) is 5.75 Å². The van der Waals surface area contributed by atoms with Gasteiger partial charge in [0, 0.05) is 34.1 Å². The van der Waals surface area contributed by atoms with Gasteiger partial charge in [0.1, 0.15) is 6.04 Å². The zero-order chi connectivity index (χ0) is 20.5. The number of thioether (sulfide) groups is 1. The summed E-state index contributed by atoms with van der Waals surface area (Å²) < 4.78 is 0.955. The molecule has 1 atom stereocenters. The minimum atomic E-state index is -0.532. The lowest BCUT2D eigenvalue weighted by molar-refractivity contribution is -0.140. The van der Waals surface area contributed by atoms with E-state index in [9.17, 15) is 9.59 Å². The van der Waals surface area contributed by atoms with Crippen LogP contribution in [-0.2, 0) is 16.1 Å². The van der Waals surface area contributed by atoms with Gasteiger partial charge in [-0.2, -0.15) is 0 Å². The van der Waals surface area contributed by atoms with Crippen LogP contribution >= 0.6 is 27.7 Å². The molecule has 0 saturated heterocycles. The monoisotopic (exact) mass is 462 g/mol. The van der Waals surface area contributed by atoms with E-state index in [1.165, 1.54) is 0 Å². The van der Waals surface area contributed by atoms with Crippen LogP contribution in [0.2, 0.25) is 0 Å². The van der Waals surface area contributed by atoms with Crippen molar-refractivity contribution in [1.82, 2.24) is 10.2 Å². The van der Waals surface area contributed by atoms with Crippen LogP contribution in [0.15, 0.2) is 64.0 Å². The average Bonchev–Trinajstić information content (AvgIpc) is 2.66. The van der Waals surface area contributed by atoms with Crippen molar-refractivity contribution in [3.05, 3.63) is 64.6 Å². The topological polar surface area (TPSA) is 49.4 Å². The predicted octanol–water partition coefficient (Wildman–Crippen LogP) is 4.87. The Morgan fingerprint density at radius 2 is 1.79 bits per heavy atom. The zero-order valence-electron chi connectivity index (χ0n) is 16.5. The molecule has 0 bridgehead atoms. The Morgan fingerprint density at radius 3 is 2.43 bits per heavy atom. The Balaban J connectivity index is 2.07. The average molecular weight is 463 g/mol. The summed E-state index contributed by atoms with van der Waals surface area (Å²) in [5.41, 5.74) is 0.989. The van der Waals surface area contributed by atoms with E-state index < -0.39 is 6.04 Å². The van der Waals surface area contributed by atoms with Crippen molar-refractivity contribution in [3.63, 3.8) is 0 Å². The maximum atomic E-state index is 13.0. The molecule has 0 aromatic heterocycles. The molecule has 28 heavy (non-hydrogen) atoms. The van der Waals surface area contributed by atoms with E-state index in [1.54, 1.807) is 23.6 Å². The second-order valence-electron chi connectivity index (χ2n) is 6.90. The summed E-state index contributed by atoms with van der Waals surface area (Å²) in [6.45, 7) is 6.03. The minimum absolute atomic E-state index is 0.0187. The number of nitrogens with one attached hydrogen (secondary N) is 1. The quantitative estimate of drug-likeness (QED) is 0.540. The van der Waals surface area contributed by atoms with Gasteiger partial charge in [0.15, 0.2) is 0 Å². The van der Waals surface area contributed by atoms with Crippen molar-refractivity contribution in [1.29, 1.82) is 0 Å². The van der Waals surface area contributed by atoms with Crippen LogP contribution in [0.25, 0.3) is 0 Å². The molecule has 6 heteroatoms. The van der Waals surface area contributed by atoms with Gasteiger partial charge in [-0.3, -0.25) is 9.59 Å². The number of halogens is 1. The molecule has 0 aliphatic rings. The zero-order valence-corrected chi connectivity index (χ0v) is 18.9. The summed E-state index contributed by atoms with van der Waals surface area (Å²) >= 11 is 5.12. The van der Waals surface area contributed by atoms with E-state index >= 15 is 0 Å². The van der Waals surface area contributed by atoms with Crippen molar-refractivity contribution >= 4 is 39.5 Å². The van der Waals surface area contributed by atoms with Crippen LogP contribution in [0.5, 0.6) is 0 Å². The molecule has 0 fully saturated rings. The highest BCUT2D eigenvalue weighted by molar-refractivity contribution is 9.10. The van der Waals surface area contributed by atoms with Gasteiger partial charge in [0.25, 0.3) is 0 Å². The summed E-state index contributed by atoms with van der Waals surface area (Å²) in [6, 6.07) is 17.4. The number of hydrogen-bond acceptors (Lipinski definition) is 3. The van der Waals surface area contributed by atoms with E-state index in [0.717, 1.165) is 14.9 Å². The third kappa shape index (κ3) is 7.32. The van der Waals surface area contributed by atoms with Crippen LogP contribution < -0.4 is 5.32 Å². The maximum absolute atomic E-state index is 13.0. The van der Waals surface area contributed by atoms with Gasteiger partial charge in [0.2, 0.25) is 11.8 Å². The molecule has 150 valence electrons. The largest absolute Gasteiger partial charge is 0.352 e. The number of hydrogen-bond donors (Lipinski definition) is 1. The van der Waals surface area contributed by atoms with Gasteiger partial charge < -0.3 is 10.2 Å². The lowest BCUT2D eigenvalue weighted by Crippen LogP contribution is -2.49. The molecule has 0 heterocycles. The highest BCUT2D eigenvalue weighted by atomic mass is 79.9. The molecule has 2 amide bonds. The number of carbonyl (C=O) groups is 2. The van der Waals surface area contributed by atoms with E-state index in [4.69, 9.17) is 0 Å². The number of benzene rings is 2. The molecule has 2 aromatic rings. The lowest BCUT2D eigenvalue weighted by Gasteiger charge is -2.29. The highest BCUT2D eigenvalue weighted by Gasteiger charge is 2.26. The fourth-order valence-corrected chi connectivity index (χ4v) is 4.04. The van der Waals surface area contributed by atoms with Gasteiger partial charge >= 0.3 is 0 Å². The predicted molar refractivity (Wildman–Crippen MR) is 119 cm³/mol. The number of nitrogens with zero attached hydrogens (tertiary/aromatic N) is 1. The van der Waals surface area contributed by atoms with Crippen LogP contribution in [0.1, 0.15) is 32.8 Å². The van der Waals surface area contributed by atoms with E-state index in [-0.39, 0.29) is 17.9 Å². The summed E-state index contributed by atoms with van der Waals surface area (Å²) in [7, 11) is 0. The van der Waals surface area contributed by atoms with Crippen LogP contribution in [0.3, 0.4) is 0 Å². The molecule has 2 aromatic carbocycles. The normalized spacial score (nSPS) is 11.9. The van der Waals surface area contributed by atoms with E-state index in [0.29, 0.717) is 18.7 Å². The Bertz CT molecular complexity index is 783. The molecular weight excluding hydrogens is 436 g/mol. The molecule has 0 unspecified atom stereocenters. The Hall–Kier alpha value is -1.79. The van der Waals surface area contributed by atoms with Gasteiger partial charge in [0.05, 0.1) is 0 Å². The van der Waals surface area contributed by atoms with Crippen LogP contribution in [-0.4, -0.2) is 34.6 Å². The highest BCUT2D eigenvalue weighted by Crippen LogP contribution is 2.20. The first-order valence-corrected chi connectivity index (χ1v) is 11.2. The van der Waals surface area contributed by atoms with Crippen molar-refractivity contribution in [2.45, 2.75) is 50.7 Å². The first-order chi connectivity index (χ1) is 13.4. The number of amides is 2. The number of rotatable bonds is 9. The first kappa shape index (κ1) is 22.5. The molecule has 0 saturated carbocycles. The molecule has 4 nitrogen and oxygen atoms in total. The smallest absolute Gasteiger partial charge is 0.242 e. The van der Waals surface area contributed by atoms with Crippen molar-refractivity contribution < 1.29 is 9.59 Å². The summed E-state index contributed by atoms with van der Waals surface area (Å²) in [5, 5.41) is 2.91. The second-order valence-corrected chi connectivity index (χ2v) is 8.99.